The van der Waals surface area contributed by atoms with Crippen molar-refractivity contribution in [2.45, 2.75) is 18.3 Å². The summed E-state index contributed by atoms with van der Waals surface area (Å²) in [5, 5.41) is 9.58. The van der Waals surface area contributed by atoms with E-state index in [9.17, 15) is 9.90 Å². The summed E-state index contributed by atoms with van der Waals surface area (Å²) in [6.07, 6.45) is 1.22. The van der Waals surface area contributed by atoms with Gasteiger partial charge in [-0.2, -0.15) is 0 Å². The Balaban J connectivity index is 2.56. The van der Waals surface area contributed by atoms with Gasteiger partial charge in [0.2, 0.25) is 0 Å². The van der Waals surface area contributed by atoms with Crippen LogP contribution in [0.3, 0.4) is 0 Å². The molecule has 17 heavy (non-hydrogen) atoms. The molecule has 0 heterocycles. The number of aliphatic carboxylic acids is 1. The highest BCUT2D eigenvalue weighted by atomic mass is 35.5. The van der Waals surface area contributed by atoms with E-state index in [0.717, 1.165) is 0 Å². The van der Waals surface area contributed by atoms with Crippen molar-refractivity contribution in [3.05, 3.63) is 22.7 Å². The van der Waals surface area contributed by atoms with Crippen LogP contribution in [0.5, 0.6) is 11.5 Å². The topological polar surface area (TPSA) is 55.8 Å². The van der Waals surface area contributed by atoms with Gasteiger partial charge in [-0.15, -0.1) is 0 Å². The zero-order chi connectivity index (χ0) is 12.6. The molecule has 1 aliphatic rings. The number of hydrogen-bond acceptors (Lipinski definition) is 3. The number of carboxylic acid groups (broad SMARTS) is 1. The quantitative estimate of drug-likeness (QED) is 0.899. The maximum Gasteiger partial charge on any atom is 0.314 e. The molecule has 1 aromatic rings. The first kappa shape index (κ1) is 12.0. The molecule has 5 heteroatoms. The van der Waals surface area contributed by atoms with E-state index in [0.29, 0.717) is 34.9 Å². The second kappa shape index (κ2) is 4.11. The van der Waals surface area contributed by atoms with Gasteiger partial charge >= 0.3 is 5.97 Å². The van der Waals surface area contributed by atoms with E-state index in [1.165, 1.54) is 14.2 Å². The van der Waals surface area contributed by atoms with E-state index >= 15 is 0 Å². The van der Waals surface area contributed by atoms with Crippen molar-refractivity contribution in [3.8, 4) is 11.5 Å². The minimum absolute atomic E-state index is 0.319. The molecule has 1 aliphatic carbocycles. The average molecular weight is 257 g/mol. The van der Waals surface area contributed by atoms with Crippen molar-refractivity contribution >= 4 is 17.6 Å². The molecule has 0 spiro atoms. The summed E-state index contributed by atoms with van der Waals surface area (Å²) >= 11 is 6.11. The molecule has 0 amide bonds. The monoisotopic (exact) mass is 256 g/mol. The summed E-state index contributed by atoms with van der Waals surface area (Å²) < 4.78 is 10.3. The Hall–Kier alpha value is -1.42. The van der Waals surface area contributed by atoms with Gasteiger partial charge in [-0.05, 0) is 18.9 Å². The first-order valence-corrected chi connectivity index (χ1v) is 5.59. The Kier molecular flexibility index (Phi) is 2.91. The Morgan fingerprint density at radius 2 is 2.00 bits per heavy atom. The third-order valence-corrected chi connectivity index (χ3v) is 3.52. The molecular weight excluding hydrogens is 244 g/mol. The zero-order valence-corrected chi connectivity index (χ0v) is 10.4. The summed E-state index contributed by atoms with van der Waals surface area (Å²) in [6, 6.07) is 3.38. The van der Waals surface area contributed by atoms with Gasteiger partial charge in [0.1, 0.15) is 16.5 Å². The molecule has 4 nitrogen and oxygen atoms in total. The average Bonchev–Trinajstić information content (AvgIpc) is 3.09. The fourth-order valence-electron chi connectivity index (χ4n) is 2.00. The van der Waals surface area contributed by atoms with Crippen LogP contribution in [-0.4, -0.2) is 25.3 Å². The third kappa shape index (κ3) is 1.72. The maximum absolute atomic E-state index is 11.3. The number of benzene rings is 1. The standard InChI is InChI=1S/C12H13ClO4/c1-16-8-4-3-7(10(17-2)9(8)13)12(5-6-12)11(14)15/h3-4H,5-6H2,1-2H3,(H,14,15). The lowest BCUT2D eigenvalue weighted by molar-refractivity contribution is -0.140. The van der Waals surface area contributed by atoms with E-state index in [1.807, 2.05) is 0 Å². The van der Waals surface area contributed by atoms with Crippen molar-refractivity contribution < 1.29 is 19.4 Å². The molecule has 0 radical (unpaired) electrons. The first-order chi connectivity index (χ1) is 8.06. The fraction of sp³-hybridized carbons (Fsp3) is 0.417. The lowest BCUT2D eigenvalue weighted by Crippen LogP contribution is -2.20. The molecule has 0 aliphatic heterocycles. The lowest BCUT2D eigenvalue weighted by Gasteiger charge is -2.17. The highest BCUT2D eigenvalue weighted by Gasteiger charge is 2.53. The van der Waals surface area contributed by atoms with E-state index in [-0.39, 0.29) is 0 Å². The highest BCUT2D eigenvalue weighted by molar-refractivity contribution is 6.33. The van der Waals surface area contributed by atoms with Crippen LogP contribution in [-0.2, 0) is 10.2 Å². The number of ether oxygens (including phenoxy) is 2. The number of methoxy groups -OCH3 is 2. The smallest absolute Gasteiger partial charge is 0.314 e. The molecule has 0 saturated heterocycles. The molecule has 1 saturated carbocycles. The van der Waals surface area contributed by atoms with Crippen LogP contribution in [0, 0.1) is 0 Å². The van der Waals surface area contributed by atoms with Crippen molar-refractivity contribution in [1.82, 2.24) is 0 Å². The van der Waals surface area contributed by atoms with E-state index in [4.69, 9.17) is 21.1 Å². The van der Waals surface area contributed by atoms with E-state index in [2.05, 4.69) is 0 Å². The molecule has 1 N–H and O–H groups in total. The Labute approximate surface area is 104 Å². The first-order valence-electron chi connectivity index (χ1n) is 5.21. The van der Waals surface area contributed by atoms with Gasteiger partial charge in [-0.25, -0.2) is 0 Å². The summed E-state index contributed by atoms with van der Waals surface area (Å²) in [5.74, 6) is 0.0383. The largest absolute Gasteiger partial charge is 0.495 e. The van der Waals surface area contributed by atoms with Crippen molar-refractivity contribution in [1.29, 1.82) is 0 Å². The second-order valence-electron chi connectivity index (χ2n) is 4.05. The number of rotatable bonds is 4. The van der Waals surface area contributed by atoms with Crippen LogP contribution in [0.1, 0.15) is 18.4 Å². The molecule has 0 aromatic heterocycles. The van der Waals surface area contributed by atoms with Crippen LogP contribution in [0.25, 0.3) is 0 Å². The Morgan fingerprint density at radius 3 is 2.41 bits per heavy atom. The second-order valence-corrected chi connectivity index (χ2v) is 4.43. The van der Waals surface area contributed by atoms with Crippen LogP contribution < -0.4 is 9.47 Å². The number of hydrogen-bond donors (Lipinski definition) is 1. The molecule has 0 bridgehead atoms. The maximum atomic E-state index is 11.3. The summed E-state index contributed by atoms with van der Waals surface area (Å²) in [5.41, 5.74) is -0.209. The van der Waals surface area contributed by atoms with Gasteiger partial charge in [0.25, 0.3) is 0 Å². The molecular formula is C12H13ClO4. The van der Waals surface area contributed by atoms with Crippen molar-refractivity contribution in [2.24, 2.45) is 0 Å². The summed E-state index contributed by atoms with van der Waals surface area (Å²) in [7, 11) is 2.98. The third-order valence-electron chi connectivity index (χ3n) is 3.16. The van der Waals surface area contributed by atoms with Crippen LogP contribution in [0.4, 0.5) is 0 Å². The van der Waals surface area contributed by atoms with Crippen LogP contribution in [0.15, 0.2) is 12.1 Å². The normalized spacial score (nSPS) is 16.4. The van der Waals surface area contributed by atoms with Gasteiger partial charge in [0.15, 0.2) is 0 Å². The molecule has 1 aromatic carbocycles. The summed E-state index contributed by atoms with van der Waals surface area (Å²) in [4.78, 5) is 11.3. The molecule has 1 fully saturated rings. The number of halogens is 1. The fourth-order valence-corrected chi connectivity index (χ4v) is 2.31. The predicted molar refractivity (Wildman–Crippen MR) is 63.1 cm³/mol. The Morgan fingerprint density at radius 1 is 1.35 bits per heavy atom. The van der Waals surface area contributed by atoms with E-state index in [1.54, 1.807) is 12.1 Å². The van der Waals surface area contributed by atoms with Crippen molar-refractivity contribution in [3.63, 3.8) is 0 Å². The minimum Gasteiger partial charge on any atom is -0.495 e. The molecule has 0 unspecified atom stereocenters. The number of carboxylic acids is 1. The predicted octanol–water partition coefficient (Wildman–Crippen LogP) is 2.47. The van der Waals surface area contributed by atoms with Gasteiger partial charge < -0.3 is 14.6 Å². The molecule has 92 valence electrons. The van der Waals surface area contributed by atoms with Gasteiger partial charge in [0.05, 0.1) is 19.6 Å². The van der Waals surface area contributed by atoms with E-state index < -0.39 is 11.4 Å². The molecule has 0 atom stereocenters. The highest BCUT2D eigenvalue weighted by Crippen LogP contribution is 2.54. The molecule has 2 rings (SSSR count). The van der Waals surface area contributed by atoms with Gasteiger partial charge in [0, 0.05) is 5.56 Å². The van der Waals surface area contributed by atoms with Crippen molar-refractivity contribution in [2.75, 3.05) is 14.2 Å². The van der Waals surface area contributed by atoms with Gasteiger partial charge in [-0.3, -0.25) is 4.79 Å². The SMILES string of the molecule is COc1ccc(C2(C(=O)O)CC2)c(OC)c1Cl. The zero-order valence-electron chi connectivity index (χ0n) is 9.62. The number of carbonyl (C=O) groups is 1. The minimum atomic E-state index is -0.836. The lowest BCUT2D eigenvalue weighted by atomic mass is 9.95. The summed E-state index contributed by atoms with van der Waals surface area (Å²) in [6.45, 7) is 0. The van der Waals surface area contributed by atoms with Crippen LogP contribution >= 0.6 is 11.6 Å². The van der Waals surface area contributed by atoms with Gasteiger partial charge in [-0.1, -0.05) is 17.7 Å². The Bertz CT molecular complexity index is 466. The van der Waals surface area contributed by atoms with Crippen LogP contribution in [0.2, 0.25) is 5.02 Å².